The molecule has 0 aliphatic heterocycles. The summed E-state index contributed by atoms with van der Waals surface area (Å²) in [6.45, 7) is 3.85. The van der Waals surface area contributed by atoms with Gasteiger partial charge in [-0.1, -0.05) is 13.0 Å². The van der Waals surface area contributed by atoms with Crippen LogP contribution in [0, 0.1) is 6.92 Å². The number of nitrogens with one attached hydrogen (secondary N) is 1. The van der Waals surface area contributed by atoms with Gasteiger partial charge < -0.3 is 9.73 Å². The van der Waals surface area contributed by atoms with Crippen molar-refractivity contribution in [3.63, 3.8) is 0 Å². The Morgan fingerprint density at radius 2 is 2.19 bits per heavy atom. The lowest BCUT2D eigenvalue weighted by Gasteiger charge is -2.14. The molecule has 0 fully saturated rings. The van der Waals surface area contributed by atoms with Gasteiger partial charge in [-0.25, -0.2) is 9.97 Å². The van der Waals surface area contributed by atoms with Crippen LogP contribution in [0.2, 0.25) is 0 Å². The Morgan fingerprint density at radius 1 is 1.33 bits per heavy atom. The molecular weight excluding hydrogens is 344 g/mol. The summed E-state index contributed by atoms with van der Waals surface area (Å²) in [5.41, 5.74) is 1.80. The van der Waals surface area contributed by atoms with E-state index in [0.29, 0.717) is 28.9 Å². The first-order valence-corrected chi connectivity index (χ1v) is 8.70. The molecule has 7 heteroatoms. The number of fused-ring (bicyclic) bond motifs is 2. The molecule has 1 N–H and O–H groups in total. The number of aromatic nitrogens is 3. The summed E-state index contributed by atoms with van der Waals surface area (Å²) < 4.78 is 7.47. The van der Waals surface area contributed by atoms with Crippen LogP contribution in [0.25, 0.3) is 16.7 Å². The molecule has 0 spiro atoms. The number of rotatable bonds is 4. The first kappa shape index (κ1) is 17.0. The van der Waals surface area contributed by atoms with Crippen molar-refractivity contribution in [1.29, 1.82) is 0 Å². The van der Waals surface area contributed by atoms with Crippen molar-refractivity contribution in [2.45, 2.75) is 26.3 Å². The molecule has 0 saturated heterocycles. The van der Waals surface area contributed by atoms with E-state index in [-0.39, 0.29) is 17.2 Å². The summed E-state index contributed by atoms with van der Waals surface area (Å²) in [5, 5.41) is 3.35. The lowest BCUT2D eigenvalue weighted by molar-refractivity contribution is 0.0907. The van der Waals surface area contributed by atoms with E-state index >= 15 is 0 Å². The van der Waals surface area contributed by atoms with Gasteiger partial charge in [-0.3, -0.25) is 14.0 Å². The Morgan fingerprint density at radius 3 is 2.96 bits per heavy atom. The molecule has 3 aromatic heterocycles. The molecule has 0 bridgehead atoms. The lowest BCUT2D eigenvalue weighted by atomic mass is 10.1. The number of nitrogens with zero attached hydrogens (tertiary/aromatic N) is 3. The van der Waals surface area contributed by atoms with Crippen molar-refractivity contribution in [2.24, 2.45) is 0 Å². The van der Waals surface area contributed by atoms with Crippen LogP contribution in [0.1, 0.15) is 41.2 Å². The van der Waals surface area contributed by atoms with E-state index in [1.807, 2.05) is 38.4 Å². The predicted octanol–water partition coefficient (Wildman–Crippen LogP) is 3.03. The van der Waals surface area contributed by atoms with Crippen LogP contribution in [0.15, 0.2) is 58.1 Å². The van der Waals surface area contributed by atoms with Gasteiger partial charge in [0.05, 0.1) is 17.1 Å². The minimum atomic E-state index is -0.452. The van der Waals surface area contributed by atoms with Crippen molar-refractivity contribution in [2.75, 3.05) is 0 Å². The predicted molar refractivity (Wildman–Crippen MR) is 101 cm³/mol. The Balaban J connectivity index is 1.65. The van der Waals surface area contributed by atoms with Gasteiger partial charge in [-0.15, -0.1) is 0 Å². The molecule has 1 amide bonds. The molecule has 1 aromatic carbocycles. The maximum atomic E-state index is 12.7. The van der Waals surface area contributed by atoms with E-state index in [2.05, 4.69) is 15.3 Å². The molecule has 7 nitrogen and oxygen atoms in total. The highest BCUT2D eigenvalue weighted by atomic mass is 16.3. The van der Waals surface area contributed by atoms with Crippen LogP contribution in [0.4, 0.5) is 0 Å². The smallest absolute Gasteiger partial charge is 0.287 e. The quantitative estimate of drug-likeness (QED) is 0.603. The first-order valence-electron chi connectivity index (χ1n) is 8.70. The molecule has 1 atom stereocenters. The van der Waals surface area contributed by atoms with Crippen LogP contribution >= 0.6 is 0 Å². The Kier molecular flexibility index (Phi) is 4.19. The average Bonchev–Trinajstić information content (AvgIpc) is 3.09. The van der Waals surface area contributed by atoms with Crippen LogP contribution in [-0.2, 0) is 0 Å². The summed E-state index contributed by atoms with van der Waals surface area (Å²) in [4.78, 5) is 33.6. The van der Waals surface area contributed by atoms with E-state index in [4.69, 9.17) is 4.42 Å². The van der Waals surface area contributed by atoms with Crippen LogP contribution in [-0.4, -0.2) is 20.3 Å². The largest absolute Gasteiger partial charge is 0.451 e. The van der Waals surface area contributed by atoms with Crippen LogP contribution in [0.5, 0.6) is 0 Å². The summed E-state index contributed by atoms with van der Waals surface area (Å²) >= 11 is 0. The van der Waals surface area contributed by atoms with E-state index < -0.39 is 5.91 Å². The molecule has 136 valence electrons. The maximum absolute atomic E-state index is 12.7. The molecule has 0 radical (unpaired) electrons. The summed E-state index contributed by atoms with van der Waals surface area (Å²) in [6, 6.07) is 8.01. The number of hydrogen-bond donors (Lipinski definition) is 1. The average molecular weight is 362 g/mol. The third-order valence-corrected chi connectivity index (χ3v) is 4.43. The number of hydrogen-bond acceptors (Lipinski definition) is 5. The zero-order valence-corrected chi connectivity index (χ0v) is 15.0. The van der Waals surface area contributed by atoms with Crippen molar-refractivity contribution in [1.82, 2.24) is 19.7 Å². The highest BCUT2D eigenvalue weighted by Crippen LogP contribution is 2.18. The molecule has 27 heavy (non-hydrogen) atoms. The van der Waals surface area contributed by atoms with E-state index in [1.165, 1.54) is 6.07 Å². The Bertz CT molecular complexity index is 1180. The van der Waals surface area contributed by atoms with Gasteiger partial charge in [0, 0.05) is 24.7 Å². The molecule has 4 aromatic rings. The molecular formula is C20H18N4O3. The van der Waals surface area contributed by atoms with Crippen LogP contribution in [0.3, 0.4) is 0 Å². The highest BCUT2D eigenvalue weighted by Gasteiger charge is 2.20. The summed E-state index contributed by atoms with van der Waals surface area (Å²) in [7, 11) is 0. The number of imidazole rings is 1. The number of carbonyl (C=O) groups is 1. The third kappa shape index (κ3) is 3.19. The molecule has 0 saturated carbocycles. The maximum Gasteiger partial charge on any atom is 0.287 e. The van der Waals surface area contributed by atoms with E-state index in [9.17, 15) is 9.59 Å². The van der Waals surface area contributed by atoms with Crippen molar-refractivity contribution >= 4 is 22.7 Å². The zero-order valence-electron chi connectivity index (χ0n) is 15.0. The van der Waals surface area contributed by atoms with Gasteiger partial charge in [0.15, 0.2) is 11.2 Å². The number of benzene rings is 1. The number of aryl methyl sites for hydroxylation is 1. The fourth-order valence-corrected chi connectivity index (χ4v) is 3.01. The second-order valence-corrected chi connectivity index (χ2v) is 6.40. The number of carbonyl (C=O) groups excluding carboxylic acids is 1. The van der Waals surface area contributed by atoms with Gasteiger partial charge in [-0.05, 0) is 37.1 Å². The van der Waals surface area contributed by atoms with Crippen LogP contribution < -0.4 is 10.7 Å². The lowest BCUT2D eigenvalue weighted by Crippen LogP contribution is -2.29. The minimum Gasteiger partial charge on any atom is -0.451 e. The normalized spacial score (nSPS) is 12.4. The monoisotopic (exact) mass is 362 g/mol. The summed E-state index contributed by atoms with van der Waals surface area (Å²) in [6.07, 6.45) is 5.97. The Hall–Kier alpha value is -3.48. The topological polar surface area (TPSA) is 89.5 Å². The number of amides is 1. The van der Waals surface area contributed by atoms with Gasteiger partial charge in [0.1, 0.15) is 5.58 Å². The van der Waals surface area contributed by atoms with Gasteiger partial charge in [-0.2, -0.15) is 0 Å². The first-order chi connectivity index (χ1) is 13.0. The van der Waals surface area contributed by atoms with Crippen molar-refractivity contribution in [3.05, 3.63) is 76.2 Å². The standard InChI is InChI=1S/C20H18N4O3/c1-3-14(15-11-24-8-4-7-21-20(24)23-15)22-19(26)18-10-16(25)13-6-5-12(2)9-17(13)27-18/h4-11,14H,3H2,1-2H3,(H,22,26). The second-order valence-electron chi connectivity index (χ2n) is 6.40. The fraction of sp³-hybridized carbons (Fsp3) is 0.200. The summed E-state index contributed by atoms with van der Waals surface area (Å²) in [5.74, 6) is 0.0960. The van der Waals surface area contributed by atoms with E-state index in [0.717, 1.165) is 5.56 Å². The Labute approximate surface area is 154 Å². The second kappa shape index (κ2) is 6.68. The van der Waals surface area contributed by atoms with E-state index in [1.54, 1.807) is 22.7 Å². The zero-order chi connectivity index (χ0) is 19.0. The molecule has 0 aliphatic carbocycles. The highest BCUT2D eigenvalue weighted by molar-refractivity contribution is 5.93. The van der Waals surface area contributed by atoms with Gasteiger partial charge in [0.2, 0.25) is 5.78 Å². The van der Waals surface area contributed by atoms with Crippen molar-refractivity contribution < 1.29 is 9.21 Å². The van der Waals surface area contributed by atoms with Crippen molar-refractivity contribution in [3.8, 4) is 0 Å². The minimum absolute atomic E-state index is 0.0153. The third-order valence-electron chi connectivity index (χ3n) is 4.43. The van der Waals surface area contributed by atoms with Gasteiger partial charge >= 0.3 is 0 Å². The SMILES string of the molecule is CCC(NC(=O)c1cc(=O)c2ccc(C)cc2o1)c1cn2cccnc2n1. The molecule has 4 rings (SSSR count). The fourth-order valence-electron chi connectivity index (χ4n) is 3.01. The molecule has 0 aliphatic rings. The molecule has 1 unspecified atom stereocenters. The van der Waals surface area contributed by atoms with Gasteiger partial charge in [0.25, 0.3) is 5.91 Å². The molecule has 3 heterocycles.